The molecule has 4 aromatic rings. The second-order valence-corrected chi connectivity index (χ2v) is 11.9. The minimum atomic E-state index is -0.477. The second kappa shape index (κ2) is 14.4. The van der Waals surface area contributed by atoms with Crippen molar-refractivity contribution in [1.82, 2.24) is 15.5 Å². The number of aryl methyl sites for hydroxylation is 1. The molecule has 0 aliphatic carbocycles. The largest absolute Gasteiger partial charge is 0.378 e. The van der Waals surface area contributed by atoms with Crippen molar-refractivity contribution >= 4 is 63.4 Å². The monoisotopic (exact) mass is 600 g/mol. The number of nitrogens with one attached hydrogen (secondary N) is 3. The van der Waals surface area contributed by atoms with Crippen LogP contribution in [0.5, 0.6) is 0 Å². The van der Waals surface area contributed by atoms with Gasteiger partial charge in [-0.25, -0.2) is 0 Å². The first-order valence-electron chi connectivity index (χ1n) is 13.3. The minimum Gasteiger partial charge on any atom is -0.378 e. The van der Waals surface area contributed by atoms with E-state index in [0.29, 0.717) is 22.8 Å². The van der Waals surface area contributed by atoms with Crippen LogP contribution < -0.4 is 20.9 Å². The summed E-state index contributed by atoms with van der Waals surface area (Å²) in [7, 11) is 3.90. The first kappa shape index (κ1) is 30.5. The first-order chi connectivity index (χ1) is 20.2. The van der Waals surface area contributed by atoms with Crippen molar-refractivity contribution in [3.63, 3.8) is 0 Å². The molecule has 1 heterocycles. The summed E-state index contributed by atoms with van der Waals surface area (Å²) >= 11 is 2.71. The second-order valence-electron chi connectivity index (χ2n) is 9.48. The highest BCUT2D eigenvalue weighted by molar-refractivity contribution is 8.00. The molecule has 4 rings (SSSR count). The zero-order chi connectivity index (χ0) is 30.1. The predicted octanol–water partition coefficient (Wildman–Crippen LogP) is 5.83. The molecule has 11 heteroatoms. The number of anilines is 3. The summed E-state index contributed by atoms with van der Waals surface area (Å²) in [4.78, 5) is 42.1. The highest BCUT2D eigenvalue weighted by Crippen LogP contribution is 2.29. The first-order valence-corrected chi connectivity index (χ1v) is 15.0. The molecule has 216 valence electrons. The molecular weight excluding hydrogens is 569 g/mol. The minimum absolute atomic E-state index is 0.0951. The molecule has 0 saturated heterocycles. The average Bonchev–Trinajstić information content (AvgIpc) is 3.40. The molecule has 3 amide bonds. The van der Waals surface area contributed by atoms with E-state index in [1.807, 2.05) is 75.3 Å². The van der Waals surface area contributed by atoms with Crippen molar-refractivity contribution < 1.29 is 14.4 Å². The molecule has 0 fully saturated rings. The summed E-state index contributed by atoms with van der Waals surface area (Å²) in [5.41, 5.74) is 2.83. The Bertz CT molecular complexity index is 1570. The smallest absolute Gasteiger partial charge is 0.272 e. The lowest BCUT2D eigenvalue weighted by atomic mass is 10.1. The summed E-state index contributed by atoms with van der Waals surface area (Å²) in [5, 5.41) is 17.3. The van der Waals surface area contributed by atoms with Crippen LogP contribution in [0.15, 0.2) is 89.5 Å². The fraction of sp³-hybridized carbons (Fsp3) is 0.194. The molecule has 3 N–H and O–H groups in total. The third-order valence-corrected chi connectivity index (χ3v) is 8.15. The lowest BCUT2D eigenvalue weighted by Crippen LogP contribution is -2.30. The van der Waals surface area contributed by atoms with Gasteiger partial charge in [0.25, 0.3) is 11.8 Å². The summed E-state index contributed by atoms with van der Waals surface area (Å²) in [6, 6.07) is 23.6. The van der Waals surface area contributed by atoms with E-state index in [2.05, 4.69) is 26.1 Å². The van der Waals surface area contributed by atoms with Crippen LogP contribution in [-0.2, 0) is 9.59 Å². The maximum atomic E-state index is 13.5. The number of aromatic nitrogens is 2. The zero-order valence-electron chi connectivity index (χ0n) is 23.8. The van der Waals surface area contributed by atoms with Crippen LogP contribution in [0, 0.1) is 6.92 Å². The zero-order valence-corrected chi connectivity index (χ0v) is 25.4. The number of benzene rings is 3. The molecule has 0 bridgehead atoms. The highest BCUT2D eigenvalue weighted by atomic mass is 32.2. The van der Waals surface area contributed by atoms with Crippen molar-refractivity contribution in [1.29, 1.82) is 0 Å². The van der Waals surface area contributed by atoms with E-state index in [1.165, 1.54) is 23.1 Å². The molecule has 0 spiro atoms. The average molecular weight is 601 g/mol. The van der Waals surface area contributed by atoms with E-state index >= 15 is 0 Å². The van der Waals surface area contributed by atoms with E-state index < -0.39 is 11.8 Å². The Hall–Kier alpha value is -4.48. The topological polar surface area (TPSA) is 116 Å². The molecule has 0 aliphatic rings. The molecule has 9 nitrogen and oxygen atoms in total. The number of hydrogen-bond acceptors (Lipinski definition) is 8. The van der Waals surface area contributed by atoms with Gasteiger partial charge in [0.15, 0.2) is 0 Å². The van der Waals surface area contributed by atoms with E-state index in [9.17, 15) is 14.4 Å². The van der Waals surface area contributed by atoms with Crippen molar-refractivity contribution in [2.45, 2.75) is 30.4 Å². The Kier molecular flexibility index (Phi) is 10.5. The number of amides is 3. The Labute approximate surface area is 253 Å². The Morgan fingerprint density at radius 2 is 1.69 bits per heavy atom. The molecular formula is C31H32N6O3S2. The van der Waals surface area contributed by atoms with Gasteiger partial charge >= 0.3 is 0 Å². The van der Waals surface area contributed by atoms with Crippen LogP contribution in [0.2, 0.25) is 0 Å². The number of rotatable bonds is 11. The summed E-state index contributed by atoms with van der Waals surface area (Å²) in [6.45, 7) is 3.76. The summed E-state index contributed by atoms with van der Waals surface area (Å²) < 4.78 is 0. The van der Waals surface area contributed by atoms with Crippen LogP contribution in [0.1, 0.15) is 34.3 Å². The summed E-state index contributed by atoms with van der Waals surface area (Å²) in [5.74, 6) is -1.04. The number of carbonyl (C=O) groups is 3. The van der Waals surface area contributed by atoms with E-state index in [4.69, 9.17) is 0 Å². The number of carbonyl (C=O) groups excluding carboxylic acids is 3. The SMILES string of the molecule is CCC(Sc1cccc(NC(=O)/C(=C\c2ccc(N(C)C)cc2)NC(=O)c2ccccc2)c1)C(=O)Nc1nnc(C)s1. The Balaban J connectivity index is 1.51. The van der Waals surface area contributed by atoms with Crippen LogP contribution in [0.4, 0.5) is 16.5 Å². The molecule has 0 aliphatic heterocycles. The van der Waals surface area contributed by atoms with Crippen LogP contribution in [0.3, 0.4) is 0 Å². The van der Waals surface area contributed by atoms with Gasteiger partial charge in [-0.15, -0.1) is 22.0 Å². The van der Waals surface area contributed by atoms with Crippen molar-refractivity contribution in [3.8, 4) is 0 Å². The summed E-state index contributed by atoms with van der Waals surface area (Å²) in [6.07, 6.45) is 2.23. The maximum Gasteiger partial charge on any atom is 0.272 e. The quantitative estimate of drug-likeness (QED) is 0.147. The molecule has 1 atom stereocenters. The highest BCUT2D eigenvalue weighted by Gasteiger charge is 2.20. The standard InChI is InChI=1S/C31H32N6O3S2/c1-5-27(30(40)34-31-36-35-20(2)41-31)42-25-13-9-12-23(19-25)32-29(39)26(33-28(38)22-10-7-6-8-11-22)18-21-14-16-24(17-15-21)37(3)4/h6-19,27H,5H2,1-4H3,(H,32,39)(H,33,38)(H,34,36,40)/b26-18+. The molecule has 0 radical (unpaired) electrons. The van der Waals surface area contributed by atoms with E-state index in [-0.39, 0.29) is 16.9 Å². The van der Waals surface area contributed by atoms with Gasteiger partial charge in [-0.3, -0.25) is 19.7 Å². The van der Waals surface area contributed by atoms with E-state index in [0.717, 1.165) is 21.2 Å². The Morgan fingerprint density at radius 3 is 2.33 bits per heavy atom. The van der Waals surface area contributed by atoms with Crippen LogP contribution in [0.25, 0.3) is 6.08 Å². The molecule has 42 heavy (non-hydrogen) atoms. The van der Waals surface area contributed by atoms with Gasteiger partial charge in [0.1, 0.15) is 10.7 Å². The fourth-order valence-electron chi connectivity index (χ4n) is 3.84. The van der Waals surface area contributed by atoms with Gasteiger partial charge < -0.3 is 15.5 Å². The lowest BCUT2D eigenvalue weighted by Gasteiger charge is -2.15. The predicted molar refractivity (Wildman–Crippen MR) is 171 cm³/mol. The Morgan fingerprint density at radius 1 is 0.952 bits per heavy atom. The number of thioether (sulfide) groups is 1. The van der Waals surface area contributed by atoms with Gasteiger partial charge in [0, 0.05) is 35.9 Å². The fourth-order valence-corrected chi connectivity index (χ4v) is 5.45. The molecule has 3 aromatic carbocycles. The van der Waals surface area contributed by atoms with Gasteiger partial charge in [-0.1, -0.05) is 54.7 Å². The molecule has 1 aromatic heterocycles. The van der Waals surface area contributed by atoms with Crippen molar-refractivity contribution in [2.75, 3.05) is 29.6 Å². The van der Waals surface area contributed by atoms with Gasteiger partial charge in [0.2, 0.25) is 11.0 Å². The van der Waals surface area contributed by atoms with Crippen molar-refractivity contribution in [3.05, 3.63) is 101 Å². The molecule has 0 saturated carbocycles. The third-order valence-electron chi connectivity index (χ3n) is 6.04. The number of nitrogens with zero attached hydrogens (tertiary/aromatic N) is 3. The normalized spacial score (nSPS) is 11.9. The molecule has 1 unspecified atom stereocenters. The van der Waals surface area contributed by atoms with Crippen molar-refractivity contribution in [2.24, 2.45) is 0 Å². The maximum absolute atomic E-state index is 13.5. The number of hydrogen-bond donors (Lipinski definition) is 3. The third kappa shape index (κ3) is 8.51. The van der Waals surface area contributed by atoms with Crippen LogP contribution in [-0.4, -0.2) is 47.3 Å². The van der Waals surface area contributed by atoms with Gasteiger partial charge in [-0.2, -0.15) is 0 Å². The van der Waals surface area contributed by atoms with Gasteiger partial charge in [-0.05, 0) is 67.4 Å². The van der Waals surface area contributed by atoms with Crippen LogP contribution >= 0.6 is 23.1 Å². The van der Waals surface area contributed by atoms with E-state index in [1.54, 1.807) is 42.5 Å². The lowest BCUT2D eigenvalue weighted by molar-refractivity contribution is -0.116. The van der Waals surface area contributed by atoms with Gasteiger partial charge in [0.05, 0.1) is 5.25 Å².